The van der Waals surface area contributed by atoms with Crippen molar-refractivity contribution in [3.8, 4) is 6.57 Å². The minimum atomic E-state index is 1.30. The zero-order chi connectivity index (χ0) is 7.82. The van der Waals surface area contributed by atoms with Gasteiger partial charge in [0, 0.05) is 6.57 Å². The van der Waals surface area contributed by atoms with E-state index in [-0.39, 0.29) is 0 Å². The second kappa shape index (κ2) is 6.57. The molecular formula is C7H7CuNS. The Morgan fingerprint density at radius 1 is 1.70 bits per heavy atom. The van der Waals surface area contributed by atoms with Gasteiger partial charge in [-0.25, -0.2) is 5.26 Å². The van der Waals surface area contributed by atoms with Crippen molar-refractivity contribution in [2.24, 2.45) is 0 Å². The molecule has 1 rings (SSSR count). The fourth-order valence-corrected chi connectivity index (χ4v) is 1.79. The van der Waals surface area contributed by atoms with Crippen molar-refractivity contribution < 1.29 is 15.0 Å². The van der Waals surface area contributed by atoms with E-state index < -0.39 is 0 Å². The van der Waals surface area contributed by atoms with E-state index in [0.717, 1.165) is 0 Å². The zero-order valence-electron chi connectivity index (χ0n) is 5.25. The average molecular weight is 201 g/mol. The third-order valence-corrected chi connectivity index (χ3v) is 2.49. The standard InChI is InChI=1S/C4H3S.C2H3.CHN.Cu/c1-2-4-5-3-1;2*1-2;/h1-3H;1H,2H2;1H;. The van der Waals surface area contributed by atoms with Crippen LogP contribution in [0.25, 0.3) is 0 Å². The summed E-state index contributed by atoms with van der Waals surface area (Å²) in [6.45, 7) is 7.10. The Morgan fingerprint density at radius 3 is 2.80 bits per heavy atom. The van der Waals surface area contributed by atoms with Crippen LogP contribution in [0.3, 0.4) is 0 Å². The van der Waals surface area contributed by atoms with Crippen LogP contribution in [0, 0.1) is 11.8 Å². The number of rotatable bonds is 2. The van der Waals surface area contributed by atoms with Crippen molar-refractivity contribution in [1.29, 1.82) is 5.26 Å². The van der Waals surface area contributed by atoms with Crippen LogP contribution in [0.5, 0.6) is 0 Å². The summed E-state index contributed by atoms with van der Waals surface area (Å²) in [6, 6.07) is 4.11. The Kier molecular flexibility index (Phi) is 6.21. The van der Waals surface area contributed by atoms with Crippen LogP contribution in [0.4, 0.5) is 0 Å². The van der Waals surface area contributed by atoms with Gasteiger partial charge in [-0.15, -0.1) is 0 Å². The van der Waals surface area contributed by atoms with Crippen LogP contribution < -0.4 is 3.78 Å². The third kappa shape index (κ3) is 3.47. The Bertz CT molecular complexity index is 191. The van der Waals surface area contributed by atoms with Gasteiger partial charge < -0.3 is 0 Å². The van der Waals surface area contributed by atoms with Crippen molar-refractivity contribution in [1.82, 2.24) is 0 Å². The van der Waals surface area contributed by atoms with Gasteiger partial charge in [-0.3, -0.25) is 0 Å². The van der Waals surface area contributed by atoms with E-state index in [1.807, 2.05) is 11.0 Å². The van der Waals surface area contributed by atoms with Gasteiger partial charge in [0.15, 0.2) is 0 Å². The van der Waals surface area contributed by atoms with E-state index in [9.17, 15) is 0 Å². The molecule has 1 aromatic heterocycles. The molecule has 1 heterocycles. The SMILES string of the molecule is C#N.C=[CH][Cu][c]1cccs1. The summed E-state index contributed by atoms with van der Waals surface area (Å²) in [7, 11) is 0. The number of hydrogen-bond acceptors (Lipinski definition) is 2. The van der Waals surface area contributed by atoms with E-state index in [0.29, 0.717) is 0 Å². The summed E-state index contributed by atoms with van der Waals surface area (Å²) >= 11 is 3.48. The molecule has 0 fully saturated rings. The van der Waals surface area contributed by atoms with Crippen LogP contribution in [0.15, 0.2) is 29.1 Å². The molecule has 3 heteroatoms. The van der Waals surface area contributed by atoms with Crippen molar-refractivity contribution >= 4 is 15.1 Å². The molecule has 1 nitrogen and oxygen atoms in total. The molecule has 0 amide bonds. The average Bonchev–Trinajstić information content (AvgIpc) is 2.46. The molecule has 0 unspecified atom stereocenters. The fraction of sp³-hybridized carbons (Fsp3) is 0. The van der Waals surface area contributed by atoms with Crippen LogP contribution >= 0.6 is 11.3 Å². The van der Waals surface area contributed by atoms with E-state index in [1.165, 1.54) is 3.78 Å². The molecule has 0 aromatic carbocycles. The molecular weight excluding hydrogens is 194 g/mol. The number of nitrogens with zero attached hydrogens (tertiary/aromatic N) is 1. The normalized spacial score (nSPS) is 7.80. The van der Waals surface area contributed by atoms with E-state index in [1.54, 1.807) is 26.3 Å². The van der Waals surface area contributed by atoms with Gasteiger partial charge in [0.25, 0.3) is 0 Å². The Morgan fingerprint density at radius 2 is 2.40 bits per heavy atom. The molecule has 0 aliphatic carbocycles. The van der Waals surface area contributed by atoms with E-state index >= 15 is 0 Å². The fourth-order valence-electron chi connectivity index (χ4n) is 0.356. The Balaban J connectivity index is 0.000000371. The molecule has 0 aliphatic heterocycles. The molecule has 0 saturated carbocycles. The van der Waals surface area contributed by atoms with Crippen LogP contribution in [-0.4, -0.2) is 0 Å². The predicted octanol–water partition coefficient (Wildman–Crippen LogP) is 1.74. The van der Waals surface area contributed by atoms with Gasteiger partial charge in [0.1, 0.15) is 0 Å². The van der Waals surface area contributed by atoms with Gasteiger partial charge in [0.2, 0.25) is 0 Å². The maximum atomic E-state index is 6.50. The molecule has 0 aliphatic rings. The summed E-state index contributed by atoms with van der Waals surface area (Å²) in [5.74, 6) is 0. The molecule has 0 radical (unpaired) electrons. The van der Waals surface area contributed by atoms with Crippen molar-refractivity contribution in [2.75, 3.05) is 0 Å². The van der Waals surface area contributed by atoms with Crippen molar-refractivity contribution in [3.63, 3.8) is 0 Å². The van der Waals surface area contributed by atoms with E-state index in [4.69, 9.17) is 5.26 Å². The third-order valence-electron chi connectivity index (χ3n) is 0.612. The predicted molar refractivity (Wildman–Crippen MR) is 40.8 cm³/mol. The summed E-state index contributed by atoms with van der Waals surface area (Å²) in [6.07, 6.45) is 0. The minimum absolute atomic E-state index is 1.30. The Labute approximate surface area is 71.2 Å². The molecule has 0 bridgehead atoms. The first-order valence-corrected chi connectivity index (χ1v) is 4.28. The first-order chi connectivity index (χ1) is 4.93. The van der Waals surface area contributed by atoms with Crippen LogP contribution in [0.2, 0.25) is 0 Å². The number of thiophene rings is 1. The van der Waals surface area contributed by atoms with Crippen LogP contribution in [-0.2, 0) is 15.0 Å². The second-order valence-corrected chi connectivity index (χ2v) is 3.46. The molecule has 57 valence electrons. The van der Waals surface area contributed by atoms with Gasteiger partial charge in [0.05, 0.1) is 0 Å². The Hall–Kier alpha value is -0.551. The van der Waals surface area contributed by atoms with Gasteiger partial charge in [-0.1, -0.05) is 0 Å². The van der Waals surface area contributed by atoms with Gasteiger partial charge in [-0.05, 0) is 0 Å². The van der Waals surface area contributed by atoms with Gasteiger partial charge >= 0.3 is 59.1 Å². The monoisotopic (exact) mass is 200 g/mol. The summed E-state index contributed by atoms with van der Waals surface area (Å²) in [4.78, 5) is 1.83. The number of nitriles is 1. The molecule has 1 aromatic rings. The van der Waals surface area contributed by atoms with Gasteiger partial charge in [-0.2, -0.15) is 0 Å². The maximum absolute atomic E-state index is 6.50. The molecule has 0 N–H and O–H groups in total. The summed E-state index contributed by atoms with van der Waals surface area (Å²) < 4.78 is 1.30. The topological polar surface area (TPSA) is 23.8 Å². The molecule has 10 heavy (non-hydrogen) atoms. The first-order valence-electron chi connectivity index (χ1n) is 2.39. The summed E-state index contributed by atoms with van der Waals surface area (Å²) in [5, 5.41) is 8.56. The summed E-state index contributed by atoms with van der Waals surface area (Å²) in [5.41, 5.74) is 0. The van der Waals surface area contributed by atoms with Crippen molar-refractivity contribution in [2.45, 2.75) is 0 Å². The second-order valence-electron chi connectivity index (χ2n) is 1.09. The molecule has 0 saturated heterocycles. The quantitative estimate of drug-likeness (QED) is 0.668. The van der Waals surface area contributed by atoms with Crippen LogP contribution in [0.1, 0.15) is 0 Å². The van der Waals surface area contributed by atoms with Crippen molar-refractivity contribution in [3.05, 3.63) is 29.1 Å². The zero-order valence-corrected chi connectivity index (χ0v) is 7.01. The molecule has 0 spiro atoms. The first kappa shape index (κ1) is 9.45. The number of hydrogen-bond donors (Lipinski definition) is 0. The van der Waals surface area contributed by atoms with E-state index in [2.05, 4.69) is 24.6 Å². The molecule has 0 atom stereocenters.